The van der Waals surface area contributed by atoms with Crippen LogP contribution >= 0.6 is 0 Å². The van der Waals surface area contributed by atoms with E-state index in [4.69, 9.17) is 105 Å². The number of carbonyl (C=O) groups is 14. The molecule has 0 aromatic heterocycles. The molecule has 35 nitrogen and oxygen atoms in total. The molecule has 0 aliphatic carbocycles. The van der Waals surface area contributed by atoms with Crippen molar-refractivity contribution in [1.82, 2.24) is 0 Å². The molecule has 4 aliphatic rings. The number of carbonyl (C=O) groups excluding carboxylic acids is 14. The Bertz CT molecular complexity index is 2620. The van der Waals surface area contributed by atoms with E-state index in [0.29, 0.717) is 0 Å². The van der Waals surface area contributed by atoms with Crippen LogP contribution in [0.1, 0.15) is 102 Å². The second kappa shape index (κ2) is 32.9. The van der Waals surface area contributed by atoms with Crippen LogP contribution in [0.25, 0.3) is 0 Å². The summed E-state index contributed by atoms with van der Waals surface area (Å²) in [6, 6.07) is 0. The molecule has 87 heavy (non-hydrogen) atoms. The highest BCUT2D eigenvalue weighted by Crippen LogP contribution is 2.39. The first kappa shape index (κ1) is 65.3. The fourth-order valence-electron chi connectivity index (χ4n) is 9.18. The van der Waals surface area contributed by atoms with Gasteiger partial charge in [0.15, 0.2) is 73.8 Å². The first-order valence-corrected chi connectivity index (χ1v) is 25.9. The molecule has 0 aromatic rings. The van der Waals surface area contributed by atoms with Gasteiger partial charge in [-0.2, -0.15) is 0 Å². The molecule has 0 radical (unpaired) electrons. The monoisotopic (exact) mass is 1260 g/mol. The average molecular weight is 1260 g/mol. The molecule has 488 valence electrons. The Labute approximate surface area is 501 Å². The van der Waals surface area contributed by atoms with Crippen molar-refractivity contribution in [2.75, 3.05) is 26.4 Å². The Balaban J connectivity index is 1.98. The van der Waals surface area contributed by atoms with Gasteiger partial charge in [-0.25, -0.2) is 0 Å². The predicted octanol–water partition coefficient (Wildman–Crippen LogP) is -1.76. The van der Waals surface area contributed by atoms with Crippen LogP contribution in [0.4, 0.5) is 0 Å². The van der Waals surface area contributed by atoms with Crippen molar-refractivity contribution >= 4 is 83.6 Å². The number of esters is 14. The van der Waals surface area contributed by atoms with Gasteiger partial charge in [-0.05, 0) is 0 Å². The zero-order valence-electron chi connectivity index (χ0n) is 52.5. The molecule has 0 aromatic carbocycles. The second-order valence-electron chi connectivity index (χ2n) is 19.0. The molecule has 0 N–H and O–H groups in total. The van der Waals surface area contributed by atoms with Crippen LogP contribution in [0.3, 0.4) is 0 Å². The number of ether oxygens (including phenoxy) is 21. The SMILES string of the molecule is [2H]CC(=O)OC[C@H]1OC(OC[C@H]2O[C@H](O[C@H]3[C@H](OC(C)=O)[C@@H](OC(C)=O)[C@@H](O[C@H]4[C@H](OC(C)=O)[C@@H](OC(C)=O)[C@H](OC(C)=O)O[C@@H]4COC(C)=O)O[C@@H]3COC(C)=O)[C@H](OC(C)=O)[C@@H](OC(C)=O)[C@@H]2OC(C)=O)[C@H](OC(=O)C[2H])[C@@H](OC(=O)C[2H])[C@@H]1OC(=O)C[2H]. The quantitative estimate of drug-likeness (QED) is 0.0763. The van der Waals surface area contributed by atoms with Crippen molar-refractivity contribution in [3.8, 4) is 0 Å². The number of rotatable bonds is 24. The highest BCUT2D eigenvalue weighted by atomic mass is 16.8. The van der Waals surface area contributed by atoms with Gasteiger partial charge in [0.05, 0.1) is 6.61 Å². The molecule has 0 spiro atoms. The molecule has 0 bridgehead atoms. The van der Waals surface area contributed by atoms with Crippen LogP contribution in [0.15, 0.2) is 0 Å². The van der Waals surface area contributed by atoms with Crippen LogP contribution in [-0.2, 0) is 167 Å². The van der Waals surface area contributed by atoms with E-state index in [1.165, 1.54) is 0 Å². The van der Waals surface area contributed by atoms with Crippen LogP contribution in [0.2, 0.25) is 0 Å². The Hall–Kier alpha value is -7.70. The molecule has 4 saturated heterocycles. The fraction of sp³-hybridized carbons (Fsp3) is 0.731. The normalized spacial score (nSPS) is 32.5. The lowest BCUT2D eigenvalue weighted by molar-refractivity contribution is -0.381. The summed E-state index contributed by atoms with van der Waals surface area (Å²) in [7, 11) is 0. The molecule has 35 heteroatoms. The smallest absolute Gasteiger partial charge is 0.305 e. The van der Waals surface area contributed by atoms with Gasteiger partial charge in [0, 0.05) is 102 Å². The van der Waals surface area contributed by atoms with Gasteiger partial charge >= 0.3 is 83.6 Å². The molecule has 4 aliphatic heterocycles. The largest absolute Gasteiger partial charge is 0.463 e. The van der Waals surface area contributed by atoms with Crippen molar-refractivity contribution in [3.63, 3.8) is 0 Å². The lowest BCUT2D eigenvalue weighted by Gasteiger charge is -2.50. The van der Waals surface area contributed by atoms with Crippen LogP contribution < -0.4 is 0 Å². The summed E-state index contributed by atoms with van der Waals surface area (Å²) in [6.07, 6.45) is -40.8. The van der Waals surface area contributed by atoms with Crippen molar-refractivity contribution in [3.05, 3.63) is 0 Å². The van der Waals surface area contributed by atoms with Crippen LogP contribution in [0.5, 0.6) is 0 Å². The number of hydrogen-bond acceptors (Lipinski definition) is 35. The highest BCUT2D eigenvalue weighted by molar-refractivity contribution is 5.71. The van der Waals surface area contributed by atoms with Crippen molar-refractivity contribution in [1.29, 1.82) is 0 Å². The lowest BCUT2D eigenvalue weighted by atomic mass is 9.95. The minimum Gasteiger partial charge on any atom is -0.463 e. The first-order valence-electron chi connectivity index (χ1n) is 28.7. The summed E-state index contributed by atoms with van der Waals surface area (Å²) in [6.45, 7) is 0.841. The van der Waals surface area contributed by atoms with Gasteiger partial charge in [-0.1, -0.05) is 0 Å². The van der Waals surface area contributed by atoms with E-state index in [0.717, 1.165) is 69.2 Å². The molecule has 4 fully saturated rings. The molecule has 0 amide bonds. The third-order valence-corrected chi connectivity index (χ3v) is 11.9. The first-order chi connectivity index (χ1) is 42.8. The zero-order chi connectivity index (χ0) is 68.1. The zero-order valence-corrected chi connectivity index (χ0v) is 48.5. The number of hydrogen-bond donors (Lipinski definition) is 0. The van der Waals surface area contributed by atoms with Gasteiger partial charge in [0.1, 0.15) is 56.4 Å². The maximum Gasteiger partial charge on any atom is 0.305 e. The third kappa shape index (κ3) is 21.9. The van der Waals surface area contributed by atoms with Gasteiger partial charge in [0.25, 0.3) is 0 Å². The van der Waals surface area contributed by atoms with E-state index in [2.05, 4.69) is 0 Å². The highest BCUT2D eigenvalue weighted by Gasteiger charge is 2.61. The summed E-state index contributed by atoms with van der Waals surface area (Å²) >= 11 is 0. The maximum absolute atomic E-state index is 13.3. The minimum atomic E-state index is -2.31. The van der Waals surface area contributed by atoms with Gasteiger partial charge in [-0.3, -0.25) is 67.1 Å². The van der Waals surface area contributed by atoms with Crippen molar-refractivity contribution < 1.29 is 172 Å². The molecule has 4 heterocycles. The predicted molar refractivity (Wildman–Crippen MR) is 268 cm³/mol. The fourth-order valence-corrected chi connectivity index (χ4v) is 9.18. The van der Waals surface area contributed by atoms with E-state index in [1.54, 1.807) is 0 Å². The topological polar surface area (TPSA) is 433 Å². The Kier molecular flexibility index (Phi) is 24.7. The van der Waals surface area contributed by atoms with E-state index < -0.39 is 260 Å². The average Bonchev–Trinajstić information content (AvgIpc) is 0.799. The molecular weight excluding hydrogens is 1180 g/mol. The standard InChI is InChI=1S/C52H70O35/c1-19(53)67-15-33-37(71-22(4)56)41(73-24(6)58)45(77-28(10)62)49(82-33)70-18-36-38(72-23(5)57)42(74-25(7)59)47(79-30(12)64)51(85-36)87-40-35(17-69-21(3)55)84-52(48(80-31(13)65)44(40)76-27(9)61)86-39-34(16-68-20(2)54)83-50(81-32(14)66)46(78-29(11)63)43(39)75-26(8)60/h33-52H,15-18H2,1-14H3/t33-,34-,35-,36-,37-,38-,39-,40-,41+,42+,43+,44+,45-,46-,47-,48-,49?,50-,51-,52-/m1/s1/i1D,4D,6D,10D. The Morgan fingerprint density at radius 2 is 0.494 bits per heavy atom. The molecule has 20 atom stereocenters. The van der Waals surface area contributed by atoms with E-state index in [9.17, 15) is 67.1 Å². The van der Waals surface area contributed by atoms with Crippen molar-refractivity contribution in [2.24, 2.45) is 0 Å². The summed E-state index contributed by atoms with van der Waals surface area (Å²) in [5.74, 6) is -16.2. The van der Waals surface area contributed by atoms with E-state index in [-0.39, 0.29) is 0 Å². The Morgan fingerprint density at radius 3 is 0.851 bits per heavy atom. The molecular formula is C52H70O35. The molecule has 1 unspecified atom stereocenters. The summed E-state index contributed by atoms with van der Waals surface area (Å²) in [5, 5.41) is 0. The summed E-state index contributed by atoms with van der Waals surface area (Å²) in [4.78, 5) is 179. The summed E-state index contributed by atoms with van der Waals surface area (Å²) in [5.41, 5.74) is 0. The van der Waals surface area contributed by atoms with Gasteiger partial charge in [-0.15, -0.1) is 0 Å². The third-order valence-electron chi connectivity index (χ3n) is 11.9. The van der Waals surface area contributed by atoms with Gasteiger partial charge in [0.2, 0.25) is 12.4 Å². The Morgan fingerprint density at radius 1 is 0.253 bits per heavy atom. The van der Waals surface area contributed by atoms with Crippen molar-refractivity contribution in [2.45, 2.75) is 220 Å². The second-order valence-corrected chi connectivity index (χ2v) is 19.0. The van der Waals surface area contributed by atoms with Crippen LogP contribution in [-0.4, -0.2) is 233 Å². The maximum atomic E-state index is 13.3. The lowest BCUT2D eigenvalue weighted by Crippen LogP contribution is -2.69. The van der Waals surface area contributed by atoms with E-state index in [1.807, 2.05) is 0 Å². The van der Waals surface area contributed by atoms with E-state index >= 15 is 0 Å². The minimum absolute atomic E-state index is 0.822. The van der Waals surface area contributed by atoms with Gasteiger partial charge < -0.3 is 99.5 Å². The van der Waals surface area contributed by atoms with Crippen LogP contribution in [0, 0.1) is 0 Å². The summed E-state index contributed by atoms with van der Waals surface area (Å²) < 4.78 is 150. The molecule has 4 rings (SSSR count). The molecule has 0 saturated carbocycles.